The van der Waals surface area contributed by atoms with E-state index >= 15 is 0 Å². The molecule has 0 bridgehead atoms. The number of halogens is 1. The highest BCUT2D eigenvalue weighted by Crippen LogP contribution is 2.22. The number of aromatic nitrogens is 1. The lowest BCUT2D eigenvalue weighted by Gasteiger charge is -2.28. The highest BCUT2D eigenvalue weighted by molar-refractivity contribution is 5.93. The van der Waals surface area contributed by atoms with Crippen molar-refractivity contribution >= 4 is 11.8 Å². The van der Waals surface area contributed by atoms with Gasteiger partial charge in [0, 0.05) is 13.1 Å². The van der Waals surface area contributed by atoms with Crippen molar-refractivity contribution in [1.82, 2.24) is 4.98 Å². The van der Waals surface area contributed by atoms with E-state index in [0.29, 0.717) is 5.82 Å². The maximum atomic E-state index is 12.9. The number of hydrogen-bond donors (Lipinski definition) is 1. The number of carboxylic acid groups (broad SMARTS) is 1. The van der Waals surface area contributed by atoms with Crippen molar-refractivity contribution in [2.24, 2.45) is 0 Å². The minimum Gasteiger partial charge on any atom is -0.478 e. The minimum atomic E-state index is -1.13. The number of anilines is 1. The molecular weight excluding hydrogens is 211 g/mol. The van der Waals surface area contributed by atoms with Gasteiger partial charge in [0.05, 0.1) is 6.20 Å². The molecule has 0 atom stereocenters. The first-order chi connectivity index (χ1) is 7.68. The van der Waals surface area contributed by atoms with Crippen LogP contribution in [0.2, 0.25) is 0 Å². The van der Waals surface area contributed by atoms with Crippen LogP contribution in [-0.2, 0) is 0 Å². The Morgan fingerprint density at radius 1 is 1.38 bits per heavy atom. The summed E-state index contributed by atoms with van der Waals surface area (Å²) in [4.78, 5) is 16.8. The van der Waals surface area contributed by atoms with Crippen LogP contribution in [0.5, 0.6) is 0 Å². The quantitative estimate of drug-likeness (QED) is 0.833. The molecule has 1 aliphatic heterocycles. The van der Waals surface area contributed by atoms with E-state index in [2.05, 4.69) is 4.98 Å². The van der Waals surface area contributed by atoms with Gasteiger partial charge in [0.1, 0.15) is 17.2 Å². The van der Waals surface area contributed by atoms with Crippen molar-refractivity contribution in [3.8, 4) is 0 Å². The second kappa shape index (κ2) is 4.47. The smallest absolute Gasteiger partial charge is 0.339 e. The molecule has 4 nitrogen and oxygen atoms in total. The average Bonchev–Trinajstić information content (AvgIpc) is 2.30. The topological polar surface area (TPSA) is 53.4 Å². The summed E-state index contributed by atoms with van der Waals surface area (Å²) in [5.74, 6) is -1.36. The van der Waals surface area contributed by atoms with Crippen molar-refractivity contribution in [2.75, 3.05) is 18.0 Å². The average molecular weight is 224 g/mol. The lowest BCUT2D eigenvalue weighted by molar-refractivity contribution is 0.0696. The Bertz CT molecular complexity index is 403. The zero-order valence-electron chi connectivity index (χ0n) is 8.82. The van der Waals surface area contributed by atoms with Gasteiger partial charge < -0.3 is 10.0 Å². The molecule has 5 heteroatoms. The number of carboxylic acids is 1. The van der Waals surface area contributed by atoms with Crippen LogP contribution in [0.4, 0.5) is 10.2 Å². The van der Waals surface area contributed by atoms with E-state index in [9.17, 15) is 9.18 Å². The SMILES string of the molecule is O=C(O)c1cc(F)cnc1N1CCCCC1. The van der Waals surface area contributed by atoms with Crippen LogP contribution in [0.1, 0.15) is 29.6 Å². The zero-order chi connectivity index (χ0) is 11.5. The van der Waals surface area contributed by atoms with Crippen LogP contribution in [-0.4, -0.2) is 29.1 Å². The normalized spacial score (nSPS) is 16.2. The molecule has 0 radical (unpaired) electrons. The molecule has 1 fully saturated rings. The fraction of sp³-hybridized carbons (Fsp3) is 0.455. The molecule has 0 aromatic carbocycles. The summed E-state index contributed by atoms with van der Waals surface area (Å²) < 4.78 is 12.9. The van der Waals surface area contributed by atoms with Crippen molar-refractivity contribution in [1.29, 1.82) is 0 Å². The van der Waals surface area contributed by atoms with Crippen LogP contribution in [0.3, 0.4) is 0 Å². The fourth-order valence-corrected chi connectivity index (χ4v) is 1.95. The Kier molecular flexibility index (Phi) is 3.03. The molecule has 1 N–H and O–H groups in total. The van der Waals surface area contributed by atoms with E-state index in [-0.39, 0.29) is 5.56 Å². The van der Waals surface area contributed by atoms with Gasteiger partial charge in [-0.2, -0.15) is 0 Å². The van der Waals surface area contributed by atoms with Gasteiger partial charge in [-0.15, -0.1) is 0 Å². The highest BCUT2D eigenvalue weighted by Gasteiger charge is 2.20. The summed E-state index contributed by atoms with van der Waals surface area (Å²) in [6, 6.07) is 1.03. The van der Waals surface area contributed by atoms with Crippen LogP contribution in [0, 0.1) is 5.82 Å². The van der Waals surface area contributed by atoms with E-state index in [1.54, 1.807) is 0 Å². The van der Waals surface area contributed by atoms with Crippen LogP contribution in [0.25, 0.3) is 0 Å². The number of nitrogens with zero attached hydrogens (tertiary/aromatic N) is 2. The molecule has 0 saturated carbocycles. The molecule has 86 valence electrons. The molecule has 0 aliphatic carbocycles. The predicted octanol–water partition coefficient (Wildman–Crippen LogP) is 1.91. The van der Waals surface area contributed by atoms with Gasteiger partial charge >= 0.3 is 5.97 Å². The Balaban J connectivity index is 2.34. The van der Waals surface area contributed by atoms with E-state index in [1.807, 2.05) is 4.90 Å². The third-order valence-electron chi connectivity index (χ3n) is 2.72. The third-order valence-corrected chi connectivity index (χ3v) is 2.72. The van der Waals surface area contributed by atoms with Gasteiger partial charge in [0.25, 0.3) is 0 Å². The first kappa shape index (κ1) is 10.9. The second-order valence-electron chi connectivity index (χ2n) is 3.88. The maximum Gasteiger partial charge on any atom is 0.339 e. The standard InChI is InChI=1S/C11H13FN2O2/c12-8-6-9(11(15)16)10(13-7-8)14-4-2-1-3-5-14/h6-7H,1-5H2,(H,15,16). The Labute approximate surface area is 92.7 Å². The first-order valence-corrected chi connectivity index (χ1v) is 5.32. The molecule has 1 aromatic rings. The molecule has 0 unspecified atom stereocenters. The van der Waals surface area contributed by atoms with Gasteiger partial charge in [-0.3, -0.25) is 0 Å². The Hall–Kier alpha value is -1.65. The Morgan fingerprint density at radius 2 is 2.06 bits per heavy atom. The number of hydrogen-bond acceptors (Lipinski definition) is 3. The van der Waals surface area contributed by atoms with Gasteiger partial charge in [-0.25, -0.2) is 14.2 Å². The maximum absolute atomic E-state index is 12.9. The highest BCUT2D eigenvalue weighted by atomic mass is 19.1. The van der Waals surface area contributed by atoms with Gasteiger partial charge in [0.2, 0.25) is 0 Å². The molecule has 2 rings (SSSR count). The largest absolute Gasteiger partial charge is 0.478 e. The lowest BCUT2D eigenvalue weighted by atomic mass is 10.1. The van der Waals surface area contributed by atoms with Crippen LogP contribution >= 0.6 is 0 Å². The molecular formula is C11H13FN2O2. The van der Waals surface area contributed by atoms with Gasteiger partial charge in [0.15, 0.2) is 0 Å². The van der Waals surface area contributed by atoms with E-state index < -0.39 is 11.8 Å². The minimum absolute atomic E-state index is 0.0538. The predicted molar refractivity (Wildman–Crippen MR) is 57.2 cm³/mol. The molecule has 0 spiro atoms. The van der Waals surface area contributed by atoms with E-state index in [1.165, 1.54) is 0 Å². The Morgan fingerprint density at radius 3 is 2.69 bits per heavy atom. The zero-order valence-corrected chi connectivity index (χ0v) is 8.82. The van der Waals surface area contributed by atoms with Gasteiger partial charge in [-0.1, -0.05) is 0 Å². The summed E-state index contributed by atoms with van der Waals surface area (Å²) in [7, 11) is 0. The third kappa shape index (κ3) is 2.13. The molecule has 1 aliphatic rings. The first-order valence-electron chi connectivity index (χ1n) is 5.32. The van der Waals surface area contributed by atoms with E-state index in [4.69, 9.17) is 5.11 Å². The van der Waals surface area contributed by atoms with Gasteiger partial charge in [-0.05, 0) is 25.3 Å². The van der Waals surface area contributed by atoms with Crippen molar-refractivity contribution in [3.63, 3.8) is 0 Å². The number of pyridine rings is 1. The van der Waals surface area contributed by atoms with Crippen molar-refractivity contribution < 1.29 is 14.3 Å². The number of carbonyl (C=O) groups is 1. The molecule has 0 amide bonds. The summed E-state index contributed by atoms with van der Waals surface area (Å²) in [5.41, 5.74) is -0.0538. The lowest BCUT2D eigenvalue weighted by Crippen LogP contribution is -2.31. The molecule has 16 heavy (non-hydrogen) atoms. The number of piperidine rings is 1. The van der Waals surface area contributed by atoms with E-state index in [0.717, 1.165) is 44.6 Å². The second-order valence-corrected chi connectivity index (χ2v) is 3.88. The number of aromatic carboxylic acids is 1. The summed E-state index contributed by atoms with van der Waals surface area (Å²) in [6.45, 7) is 1.58. The van der Waals surface area contributed by atoms with Crippen molar-refractivity contribution in [2.45, 2.75) is 19.3 Å². The number of rotatable bonds is 2. The van der Waals surface area contributed by atoms with Crippen molar-refractivity contribution in [3.05, 3.63) is 23.6 Å². The molecule has 2 heterocycles. The summed E-state index contributed by atoms with van der Waals surface area (Å²) in [6.07, 6.45) is 4.27. The molecule has 1 saturated heterocycles. The molecule has 1 aromatic heterocycles. The fourth-order valence-electron chi connectivity index (χ4n) is 1.95. The monoisotopic (exact) mass is 224 g/mol. The van der Waals surface area contributed by atoms with Crippen LogP contribution < -0.4 is 4.90 Å². The summed E-state index contributed by atoms with van der Waals surface area (Å²) >= 11 is 0. The van der Waals surface area contributed by atoms with Crippen LogP contribution in [0.15, 0.2) is 12.3 Å². The summed E-state index contributed by atoms with van der Waals surface area (Å²) in [5, 5.41) is 8.99.